The summed E-state index contributed by atoms with van der Waals surface area (Å²) in [5, 5.41) is 8.33. The predicted octanol–water partition coefficient (Wildman–Crippen LogP) is 2.52. The highest BCUT2D eigenvalue weighted by atomic mass is 16.5. The molecule has 4 rings (SSSR count). The minimum absolute atomic E-state index is 0.0912. The number of aryl methyl sites for hydroxylation is 1. The molecular weight excluding hydrogens is 320 g/mol. The molecule has 8 nitrogen and oxygen atoms in total. The van der Waals surface area contributed by atoms with Gasteiger partial charge in [0.2, 0.25) is 5.89 Å². The van der Waals surface area contributed by atoms with Gasteiger partial charge < -0.3 is 9.42 Å². The molecule has 25 heavy (non-hydrogen) atoms. The molecule has 0 spiro atoms. The Labute approximate surface area is 144 Å². The lowest BCUT2D eigenvalue weighted by Gasteiger charge is -2.21. The molecule has 0 aromatic carbocycles. The second kappa shape index (κ2) is 5.94. The summed E-state index contributed by atoms with van der Waals surface area (Å²) in [6, 6.07) is 1.70. The van der Waals surface area contributed by atoms with E-state index >= 15 is 0 Å². The molecule has 1 aliphatic rings. The highest BCUT2D eigenvalue weighted by Gasteiger charge is 2.35. The Morgan fingerprint density at radius 1 is 1.36 bits per heavy atom. The number of hydrogen-bond acceptors (Lipinski definition) is 6. The van der Waals surface area contributed by atoms with E-state index in [1.807, 2.05) is 33.0 Å². The number of aromatic nitrogens is 5. The zero-order valence-corrected chi connectivity index (χ0v) is 14.5. The molecule has 1 aliphatic heterocycles. The van der Waals surface area contributed by atoms with Crippen LogP contribution in [-0.2, 0) is 0 Å². The van der Waals surface area contributed by atoms with Crippen LogP contribution in [0.25, 0.3) is 5.65 Å². The van der Waals surface area contributed by atoms with Crippen LogP contribution >= 0.6 is 0 Å². The molecule has 0 unspecified atom stereocenters. The van der Waals surface area contributed by atoms with Crippen LogP contribution in [-0.4, -0.2) is 42.1 Å². The molecule has 130 valence electrons. The molecule has 0 N–H and O–H groups in total. The molecule has 8 heteroatoms. The molecule has 0 aliphatic carbocycles. The number of carbonyl (C=O) groups excluding carboxylic acids is 1. The van der Waals surface area contributed by atoms with Crippen molar-refractivity contribution >= 4 is 11.6 Å². The van der Waals surface area contributed by atoms with E-state index in [2.05, 4.69) is 20.2 Å². The van der Waals surface area contributed by atoms with Gasteiger partial charge in [-0.2, -0.15) is 10.1 Å². The van der Waals surface area contributed by atoms with Crippen molar-refractivity contribution in [2.45, 2.75) is 45.6 Å². The van der Waals surface area contributed by atoms with Gasteiger partial charge in [0.15, 0.2) is 11.5 Å². The Hall–Kier alpha value is -2.77. The second-order valence-electron chi connectivity index (χ2n) is 6.70. The number of fused-ring (bicyclic) bond motifs is 1. The Kier molecular flexibility index (Phi) is 3.74. The quantitative estimate of drug-likeness (QED) is 0.728. The Bertz CT molecular complexity index is 928. The molecule has 1 fully saturated rings. The van der Waals surface area contributed by atoms with Gasteiger partial charge in [-0.25, -0.2) is 9.50 Å². The molecule has 1 saturated heterocycles. The van der Waals surface area contributed by atoms with E-state index in [1.54, 1.807) is 15.6 Å². The maximum Gasteiger partial charge on any atom is 0.259 e. The summed E-state index contributed by atoms with van der Waals surface area (Å²) < 4.78 is 6.94. The molecule has 0 radical (unpaired) electrons. The maximum atomic E-state index is 13.1. The molecule has 0 bridgehead atoms. The normalized spacial score (nSPS) is 17.8. The van der Waals surface area contributed by atoms with E-state index in [4.69, 9.17) is 4.52 Å². The number of likely N-dealkylation sites (tertiary alicyclic amines) is 1. The Morgan fingerprint density at radius 3 is 2.96 bits per heavy atom. The van der Waals surface area contributed by atoms with Gasteiger partial charge in [-0.15, -0.1) is 0 Å². The van der Waals surface area contributed by atoms with Gasteiger partial charge in [-0.3, -0.25) is 4.79 Å². The van der Waals surface area contributed by atoms with Crippen LogP contribution in [0.2, 0.25) is 0 Å². The van der Waals surface area contributed by atoms with Crippen molar-refractivity contribution in [3.05, 3.63) is 41.4 Å². The fourth-order valence-corrected chi connectivity index (χ4v) is 3.16. The number of carbonyl (C=O) groups is 1. The first kappa shape index (κ1) is 15.7. The number of hydrogen-bond donors (Lipinski definition) is 0. The van der Waals surface area contributed by atoms with Gasteiger partial charge in [-0.1, -0.05) is 19.0 Å². The summed E-state index contributed by atoms with van der Waals surface area (Å²) in [5.74, 6) is 1.25. The van der Waals surface area contributed by atoms with Gasteiger partial charge in [-0.05, 0) is 25.8 Å². The lowest BCUT2D eigenvalue weighted by Crippen LogP contribution is -2.31. The summed E-state index contributed by atoms with van der Waals surface area (Å²) in [5.41, 5.74) is 1.93. The van der Waals surface area contributed by atoms with E-state index in [-0.39, 0.29) is 17.9 Å². The molecule has 3 aromatic heterocycles. The van der Waals surface area contributed by atoms with E-state index in [0.29, 0.717) is 29.5 Å². The second-order valence-corrected chi connectivity index (χ2v) is 6.70. The Balaban J connectivity index is 1.67. The number of nitrogens with zero attached hydrogens (tertiary/aromatic N) is 6. The van der Waals surface area contributed by atoms with Crippen LogP contribution in [0, 0.1) is 6.92 Å². The van der Waals surface area contributed by atoms with E-state index in [0.717, 1.165) is 18.5 Å². The summed E-state index contributed by atoms with van der Waals surface area (Å²) in [4.78, 5) is 23.8. The highest BCUT2D eigenvalue weighted by molar-refractivity contribution is 6.00. The average molecular weight is 340 g/mol. The zero-order chi connectivity index (χ0) is 17.6. The number of rotatable bonds is 3. The maximum absolute atomic E-state index is 13.1. The third-order valence-electron chi connectivity index (χ3n) is 4.50. The van der Waals surface area contributed by atoms with E-state index in [1.165, 1.54) is 0 Å². The fraction of sp³-hybridized carbons (Fsp3) is 0.471. The van der Waals surface area contributed by atoms with Crippen LogP contribution in [0.1, 0.15) is 66.4 Å². The first-order valence-corrected chi connectivity index (χ1v) is 8.50. The van der Waals surface area contributed by atoms with Crippen LogP contribution in [0.5, 0.6) is 0 Å². The monoisotopic (exact) mass is 340 g/mol. The molecular formula is C17H20N6O2. The van der Waals surface area contributed by atoms with Crippen molar-refractivity contribution < 1.29 is 9.32 Å². The van der Waals surface area contributed by atoms with Crippen molar-refractivity contribution in [3.63, 3.8) is 0 Å². The van der Waals surface area contributed by atoms with Gasteiger partial charge in [0.25, 0.3) is 5.91 Å². The largest absolute Gasteiger partial charge is 0.339 e. The fourth-order valence-electron chi connectivity index (χ4n) is 3.16. The molecule has 3 aromatic rings. The highest BCUT2D eigenvalue weighted by Crippen LogP contribution is 2.32. The van der Waals surface area contributed by atoms with Crippen molar-refractivity contribution in [1.29, 1.82) is 0 Å². The van der Waals surface area contributed by atoms with Crippen LogP contribution in [0.15, 0.2) is 23.0 Å². The van der Waals surface area contributed by atoms with Gasteiger partial charge >= 0.3 is 0 Å². The molecule has 1 atom stereocenters. The first-order valence-electron chi connectivity index (χ1n) is 8.50. The van der Waals surface area contributed by atoms with Gasteiger partial charge in [0.1, 0.15) is 5.56 Å². The molecule has 4 heterocycles. The lowest BCUT2D eigenvalue weighted by molar-refractivity contribution is 0.0730. The van der Waals surface area contributed by atoms with Crippen LogP contribution < -0.4 is 0 Å². The average Bonchev–Trinajstić information content (AvgIpc) is 3.31. The summed E-state index contributed by atoms with van der Waals surface area (Å²) >= 11 is 0. The van der Waals surface area contributed by atoms with Gasteiger partial charge in [0, 0.05) is 24.4 Å². The van der Waals surface area contributed by atoms with E-state index < -0.39 is 0 Å². The summed E-state index contributed by atoms with van der Waals surface area (Å²) in [6.45, 7) is 6.56. The molecule has 1 amide bonds. The number of amides is 1. The smallest absolute Gasteiger partial charge is 0.259 e. The predicted molar refractivity (Wildman–Crippen MR) is 89.1 cm³/mol. The van der Waals surface area contributed by atoms with E-state index in [9.17, 15) is 4.79 Å². The summed E-state index contributed by atoms with van der Waals surface area (Å²) in [6.07, 6.45) is 5.13. The van der Waals surface area contributed by atoms with Crippen LogP contribution in [0.3, 0.4) is 0 Å². The minimum Gasteiger partial charge on any atom is -0.339 e. The SMILES string of the molecule is Cc1ccn2ncc(C(=O)N3CCC[C@@H]3c3noc(C(C)C)n3)c2n1. The van der Waals surface area contributed by atoms with Gasteiger partial charge in [0.05, 0.1) is 12.2 Å². The minimum atomic E-state index is -0.163. The molecule has 0 saturated carbocycles. The topological polar surface area (TPSA) is 89.4 Å². The van der Waals surface area contributed by atoms with Crippen molar-refractivity contribution in [1.82, 2.24) is 29.6 Å². The van der Waals surface area contributed by atoms with Crippen molar-refractivity contribution in [2.24, 2.45) is 0 Å². The van der Waals surface area contributed by atoms with Crippen molar-refractivity contribution in [2.75, 3.05) is 6.54 Å². The third kappa shape index (κ3) is 2.67. The third-order valence-corrected chi connectivity index (χ3v) is 4.50. The van der Waals surface area contributed by atoms with Crippen molar-refractivity contribution in [3.8, 4) is 0 Å². The summed E-state index contributed by atoms with van der Waals surface area (Å²) in [7, 11) is 0. The van der Waals surface area contributed by atoms with Crippen LogP contribution in [0.4, 0.5) is 0 Å². The Morgan fingerprint density at radius 2 is 2.20 bits per heavy atom. The first-order chi connectivity index (χ1) is 12.0. The lowest BCUT2D eigenvalue weighted by atomic mass is 10.2. The standard InChI is InChI=1S/C17H20N6O2/c1-10(2)16-20-14(21-25-16)13-5-4-7-22(13)17(24)12-9-18-23-8-6-11(3)19-15(12)23/h6,8-10,13H,4-5,7H2,1-3H3/t13-/m1/s1. The zero-order valence-electron chi connectivity index (χ0n) is 14.5.